The summed E-state index contributed by atoms with van der Waals surface area (Å²) >= 11 is 5.14. The van der Waals surface area contributed by atoms with Crippen LogP contribution in [-0.2, 0) is 6.42 Å². The van der Waals surface area contributed by atoms with Crippen molar-refractivity contribution in [3.05, 3.63) is 69.0 Å². The third-order valence-electron chi connectivity index (χ3n) is 3.23. The van der Waals surface area contributed by atoms with Crippen LogP contribution in [-0.4, -0.2) is 12.1 Å². The third kappa shape index (κ3) is 3.34. The second kappa shape index (κ2) is 6.41. The molecule has 0 unspecified atom stereocenters. The molecule has 1 heterocycles. The fraction of sp³-hybridized carbons (Fsp3) is 0.118. The van der Waals surface area contributed by atoms with Crippen molar-refractivity contribution in [2.75, 3.05) is 7.11 Å². The number of hydrogen-bond acceptors (Lipinski definition) is 3. The number of aromatic nitrogens is 1. The Bertz CT molecular complexity index is 737. The lowest BCUT2D eigenvalue weighted by molar-refractivity contribution is 0.410. The highest BCUT2D eigenvalue weighted by molar-refractivity contribution is 9.10. The number of thiazole rings is 1. The van der Waals surface area contributed by atoms with Crippen molar-refractivity contribution >= 4 is 27.3 Å². The van der Waals surface area contributed by atoms with Crippen molar-refractivity contribution in [1.82, 2.24) is 4.98 Å². The van der Waals surface area contributed by atoms with Gasteiger partial charge in [0.15, 0.2) is 0 Å². The van der Waals surface area contributed by atoms with E-state index in [2.05, 4.69) is 39.5 Å². The molecule has 1 aromatic heterocycles. The van der Waals surface area contributed by atoms with E-state index in [-0.39, 0.29) is 0 Å². The van der Waals surface area contributed by atoms with Gasteiger partial charge in [0.2, 0.25) is 0 Å². The van der Waals surface area contributed by atoms with Crippen LogP contribution >= 0.6 is 27.3 Å². The number of ether oxygens (including phenoxy) is 1. The monoisotopic (exact) mass is 359 g/mol. The topological polar surface area (TPSA) is 22.1 Å². The zero-order valence-electron chi connectivity index (χ0n) is 11.5. The molecule has 0 amide bonds. The molecule has 0 bridgehead atoms. The highest BCUT2D eigenvalue weighted by atomic mass is 79.9. The van der Waals surface area contributed by atoms with Crippen LogP contribution in [0.5, 0.6) is 5.75 Å². The van der Waals surface area contributed by atoms with Crippen LogP contribution in [0.1, 0.15) is 10.6 Å². The van der Waals surface area contributed by atoms with E-state index in [1.807, 2.05) is 30.3 Å². The first-order valence-corrected chi connectivity index (χ1v) is 8.26. The maximum Gasteiger partial charge on any atom is 0.122 e. The normalized spacial score (nSPS) is 10.6. The Morgan fingerprint density at radius 2 is 1.86 bits per heavy atom. The van der Waals surface area contributed by atoms with E-state index in [4.69, 9.17) is 9.72 Å². The van der Waals surface area contributed by atoms with Gasteiger partial charge in [0.25, 0.3) is 0 Å². The first-order chi connectivity index (χ1) is 10.3. The Labute approximate surface area is 136 Å². The molecule has 0 radical (unpaired) electrons. The van der Waals surface area contributed by atoms with Crippen LogP contribution in [0.3, 0.4) is 0 Å². The Morgan fingerprint density at radius 1 is 1.10 bits per heavy atom. The van der Waals surface area contributed by atoms with Crippen molar-refractivity contribution in [2.45, 2.75) is 6.42 Å². The number of hydrogen-bond donors (Lipinski definition) is 0. The molecule has 0 fully saturated rings. The number of para-hydroxylation sites is 1. The Kier molecular flexibility index (Phi) is 4.36. The lowest BCUT2D eigenvalue weighted by Gasteiger charge is -2.05. The molecule has 3 rings (SSSR count). The number of rotatable bonds is 4. The van der Waals surface area contributed by atoms with Crippen LogP contribution in [0.4, 0.5) is 0 Å². The average Bonchev–Trinajstić information content (AvgIpc) is 2.97. The molecule has 4 heteroatoms. The summed E-state index contributed by atoms with van der Waals surface area (Å²) in [6.07, 6.45) is 0.797. The van der Waals surface area contributed by atoms with Gasteiger partial charge in [0.1, 0.15) is 5.75 Å². The molecular weight excluding hydrogens is 346 g/mol. The fourth-order valence-corrected chi connectivity index (χ4v) is 3.25. The predicted octanol–water partition coefficient (Wildman–Crippen LogP) is 5.17. The van der Waals surface area contributed by atoms with Gasteiger partial charge in [-0.3, -0.25) is 0 Å². The molecule has 3 aromatic rings. The Balaban J connectivity index is 1.83. The van der Waals surface area contributed by atoms with Crippen LogP contribution in [0.15, 0.2) is 58.4 Å². The molecule has 0 aliphatic carbocycles. The van der Waals surface area contributed by atoms with Gasteiger partial charge in [-0.2, -0.15) is 0 Å². The molecule has 106 valence electrons. The van der Waals surface area contributed by atoms with Crippen molar-refractivity contribution in [1.29, 1.82) is 0 Å². The molecule has 0 aliphatic heterocycles. The van der Waals surface area contributed by atoms with E-state index >= 15 is 0 Å². The SMILES string of the molecule is COc1ccccc1Cc1nc(-c2ccc(Br)cc2)cs1. The smallest absolute Gasteiger partial charge is 0.122 e. The van der Waals surface area contributed by atoms with Gasteiger partial charge in [0, 0.05) is 27.4 Å². The van der Waals surface area contributed by atoms with Crippen LogP contribution in [0.25, 0.3) is 11.3 Å². The Hall–Kier alpha value is -1.65. The van der Waals surface area contributed by atoms with E-state index in [9.17, 15) is 0 Å². The maximum atomic E-state index is 5.39. The standard InChI is InChI=1S/C17H14BrNOS/c1-20-16-5-3-2-4-13(16)10-17-19-15(11-21-17)12-6-8-14(18)9-7-12/h2-9,11H,10H2,1H3. The molecule has 0 saturated carbocycles. The summed E-state index contributed by atoms with van der Waals surface area (Å²) < 4.78 is 6.47. The average molecular weight is 360 g/mol. The highest BCUT2D eigenvalue weighted by Gasteiger charge is 2.08. The van der Waals surface area contributed by atoms with Gasteiger partial charge < -0.3 is 4.74 Å². The number of benzene rings is 2. The third-order valence-corrected chi connectivity index (χ3v) is 4.60. The summed E-state index contributed by atoms with van der Waals surface area (Å²) in [5, 5.41) is 3.20. The zero-order chi connectivity index (χ0) is 14.7. The van der Waals surface area contributed by atoms with Crippen molar-refractivity contribution in [3.8, 4) is 17.0 Å². The molecule has 2 aromatic carbocycles. The summed E-state index contributed by atoms with van der Waals surface area (Å²) in [5.41, 5.74) is 3.33. The van der Waals surface area contributed by atoms with Gasteiger partial charge >= 0.3 is 0 Å². The zero-order valence-corrected chi connectivity index (χ0v) is 13.9. The second-order valence-electron chi connectivity index (χ2n) is 4.62. The second-order valence-corrected chi connectivity index (χ2v) is 6.48. The van der Waals surface area contributed by atoms with Crippen molar-refractivity contribution < 1.29 is 4.74 Å². The quantitative estimate of drug-likeness (QED) is 0.640. The van der Waals surface area contributed by atoms with Gasteiger partial charge in [-0.1, -0.05) is 46.3 Å². The first-order valence-electron chi connectivity index (χ1n) is 6.58. The van der Waals surface area contributed by atoms with Crippen LogP contribution in [0, 0.1) is 0 Å². The summed E-state index contributed by atoms with van der Waals surface area (Å²) in [6.45, 7) is 0. The van der Waals surface area contributed by atoms with Gasteiger partial charge in [0.05, 0.1) is 17.8 Å². The van der Waals surface area contributed by atoms with Crippen LogP contribution in [0.2, 0.25) is 0 Å². The molecule has 2 nitrogen and oxygen atoms in total. The molecule has 0 aliphatic rings. The Morgan fingerprint density at radius 3 is 2.62 bits per heavy atom. The minimum atomic E-state index is 0.797. The fourth-order valence-electron chi connectivity index (χ4n) is 2.16. The van der Waals surface area contributed by atoms with E-state index in [1.54, 1.807) is 18.4 Å². The minimum absolute atomic E-state index is 0.797. The van der Waals surface area contributed by atoms with E-state index in [0.29, 0.717) is 0 Å². The summed E-state index contributed by atoms with van der Waals surface area (Å²) in [7, 11) is 1.70. The molecule has 0 saturated heterocycles. The summed E-state index contributed by atoms with van der Waals surface area (Å²) in [5.74, 6) is 0.915. The minimum Gasteiger partial charge on any atom is -0.496 e. The van der Waals surface area contributed by atoms with Crippen LogP contribution < -0.4 is 4.74 Å². The first kappa shape index (κ1) is 14.3. The maximum absolute atomic E-state index is 5.39. The van der Waals surface area contributed by atoms with E-state index in [0.717, 1.165) is 38.5 Å². The van der Waals surface area contributed by atoms with Crippen molar-refractivity contribution in [3.63, 3.8) is 0 Å². The summed E-state index contributed by atoms with van der Waals surface area (Å²) in [4.78, 5) is 4.73. The molecule has 0 N–H and O–H groups in total. The lowest BCUT2D eigenvalue weighted by atomic mass is 10.1. The lowest BCUT2D eigenvalue weighted by Crippen LogP contribution is -1.93. The molecule has 0 spiro atoms. The van der Waals surface area contributed by atoms with Crippen molar-refractivity contribution in [2.24, 2.45) is 0 Å². The molecular formula is C17H14BrNOS. The molecule has 0 atom stereocenters. The summed E-state index contributed by atoms with van der Waals surface area (Å²) in [6, 6.07) is 16.3. The van der Waals surface area contributed by atoms with Gasteiger partial charge in [-0.05, 0) is 18.2 Å². The number of halogens is 1. The molecule has 21 heavy (non-hydrogen) atoms. The van der Waals surface area contributed by atoms with Gasteiger partial charge in [-0.15, -0.1) is 11.3 Å². The number of nitrogens with zero attached hydrogens (tertiary/aromatic N) is 1. The number of methoxy groups -OCH3 is 1. The highest BCUT2D eigenvalue weighted by Crippen LogP contribution is 2.27. The largest absolute Gasteiger partial charge is 0.496 e. The van der Waals surface area contributed by atoms with Gasteiger partial charge in [-0.25, -0.2) is 4.98 Å². The van der Waals surface area contributed by atoms with E-state index in [1.165, 1.54) is 0 Å². The van der Waals surface area contributed by atoms with E-state index < -0.39 is 0 Å². The predicted molar refractivity (Wildman–Crippen MR) is 91.1 cm³/mol.